The van der Waals surface area contributed by atoms with Crippen molar-refractivity contribution in [3.05, 3.63) is 88.9 Å². The van der Waals surface area contributed by atoms with E-state index in [2.05, 4.69) is 5.32 Å². The zero-order valence-corrected chi connectivity index (χ0v) is 25.7. The number of sulfonamides is 1. The van der Waals surface area contributed by atoms with Crippen LogP contribution in [0, 0.1) is 6.92 Å². The molecule has 0 aliphatic rings. The third-order valence-electron chi connectivity index (χ3n) is 6.79. The van der Waals surface area contributed by atoms with Crippen molar-refractivity contribution in [3.8, 4) is 5.75 Å². The number of nitrogens with zero attached hydrogens (tertiary/aromatic N) is 2. The number of hydrogen-bond acceptors (Lipinski definition) is 5. The lowest BCUT2D eigenvalue weighted by atomic mass is 10.1. The first-order chi connectivity index (χ1) is 19.5. The number of halogens is 1. The van der Waals surface area contributed by atoms with Crippen LogP contribution in [0.4, 0.5) is 5.69 Å². The van der Waals surface area contributed by atoms with E-state index in [1.807, 2.05) is 27.7 Å². The van der Waals surface area contributed by atoms with Crippen LogP contribution in [0.5, 0.6) is 5.75 Å². The third-order valence-corrected chi connectivity index (χ3v) is 8.95. The maximum Gasteiger partial charge on any atom is 0.264 e. The molecule has 3 aromatic rings. The van der Waals surface area contributed by atoms with Crippen LogP contribution >= 0.6 is 11.6 Å². The first kappa shape index (κ1) is 32.0. The summed E-state index contributed by atoms with van der Waals surface area (Å²) in [4.78, 5) is 28.6. The van der Waals surface area contributed by atoms with Gasteiger partial charge in [0.05, 0.1) is 17.2 Å². The molecule has 3 rings (SSSR count). The number of amides is 2. The molecule has 3 aromatic carbocycles. The number of ether oxygens (including phenoxy) is 1. The molecule has 0 radical (unpaired) electrons. The Hall–Kier alpha value is -3.56. The van der Waals surface area contributed by atoms with Crippen molar-refractivity contribution in [2.24, 2.45) is 0 Å². The normalized spacial score (nSPS) is 12.7. The molecule has 2 atom stereocenters. The second-order valence-corrected chi connectivity index (χ2v) is 12.1. The van der Waals surface area contributed by atoms with Crippen molar-refractivity contribution >= 4 is 39.1 Å². The van der Waals surface area contributed by atoms with Crippen molar-refractivity contribution in [1.29, 1.82) is 0 Å². The number of aryl methyl sites for hydroxylation is 1. The largest absolute Gasteiger partial charge is 0.494 e. The average Bonchev–Trinajstić information content (AvgIpc) is 2.95. The van der Waals surface area contributed by atoms with E-state index >= 15 is 0 Å². The quantitative estimate of drug-likeness (QED) is 0.277. The standard InChI is InChI=1S/C31H38ClN3O5S/c1-6-23(4)33-31(37)24(5)34(20-25-10-8-9-11-29(25)32)30(36)21-35(26-14-16-27(17-15-26)40-7-2)41(38,39)28-18-12-22(3)13-19-28/h8-19,23-24H,6-7,20-21H2,1-5H3,(H,33,37)/t23-,24-/m1/s1. The van der Waals surface area contributed by atoms with Gasteiger partial charge in [0.1, 0.15) is 18.3 Å². The maximum absolute atomic E-state index is 14.0. The molecule has 10 heteroatoms. The summed E-state index contributed by atoms with van der Waals surface area (Å²) in [6, 6.07) is 19.0. The smallest absolute Gasteiger partial charge is 0.264 e. The lowest BCUT2D eigenvalue weighted by Gasteiger charge is -2.32. The van der Waals surface area contributed by atoms with Gasteiger partial charge in [-0.15, -0.1) is 0 Å². The second-order valence-electron chi connectivity index (χ2n) is 9.86. The molecule has 1 N–H and O–H groups in total. The Morgan fingerprint density at radius 2 is 1.59 bits per heavy atom. The van der Waals surface area contributed by atoms with Gasteiger partial charge in [-0.3, -0.25) is 13.9 Å². The minimum Gasteiger partial charge on any atom is -0.494 e. The van der Waals surface area contributed by atoms with Crippen molar-refractivity contribution in [1.82, 2.24) is 10.2 Å². The monoisotopic (exact) mass is 599 g/mol. The summed E-state index contributed by atoms with van der Waals surface area (Å²) in [6.07, 6.45) is 0.719. The summed E-state index contributed by atoms with van der Waals surface area (Å²) in [5, 5.41) is 3.36. The highest BCUT2D eigenvalue weighted by Crippen LogP contribution is 2.27. The predicted octanol–water partition coefficient (Wildman–Crippen LogP) is 5.57. The number of benzene rings is 3. The van der Waals surface area contributed by atoms with E-state index in [4.69, 9.17) is 16.3 Å². The Labute approximate surface area is 248 Å². The summed E-state index contributed by atoms with van der Waals surface area (Å²) >= 11 is 6.41. The van der Waals surface area contributed by atoms with Gasteiger partial charge >= 0.3 is 0 Å². The minimum atomic E-state index is -4.16. The van der Waals surface area contributed by atoms with Crippen LogP contribution in [0.3, 0.4) is 0 Å². The SMILES string of the molecule is CCOc1ccc(N(CC(=O)N(Cc2ccccc2Cl)[C@H](C)C(=O)N[C@H](C)CC)S(=O)(=O)c2ccc(C)cc2)cc1. The number of carbonyl (C=O) groups excluding carboxylic acids is 2. The molecule has 0 saturated heterocycles. The molecular weight excluding hydrogens is 562 g/mol. The van der Waals surface area contributed by atoms with Crippen LogP contribution < -0.4 is 14.4 Å². The first-order valence-electron chi connectivity index (χ1n) is 13.6. The number of carbonyl (C=O) groups is 2. The van der Waals surface area contributed by atoms with Gasteiger partial charge in [-0.05, 0) is 82.1 Å². The fourth-order valence-corrected chi connectivity index (χ4v) is 5.71. The summed E-state index contributed by atoms with van der Waals surface area (Å²) < 4.78 is 34.5. The molecule has 0 fully saturated rings. The van der Waals surface area contributed by atoms with Crippen molar-refractivity contribution < 1.29 is 22.7 Å². The van der Waals surface area contributed by atoms with Gasteiger partial charge in [0.2, 0.25) is 11.8 Å². The molecule has 0 aromatic heterocycles. The maximum atomic E-state index is 14.0. The molecule has 0 aliphatic carbocycles. The molecule has 41 heavy (non-hydrogen) atoms. The van der Waals surface area contributed by atoms with E-state index in [0.717, 1.165) is 16.3 Å². The van der Waals surface area contributed by atoms with Crippen molar-refractivity contribution in [2.45, 2.75) is 64.6 Å². The Bertz CT molecular complexity index is 1430. The third kappa shape index (κ3) is 8.24. The minimum absolute atomic E-state index is 0.0231. The topological polar surface area (TPSA) is 96.0 Å². The molecule has 0 saturated carbocycles. The van der Waals surface area contributed by atoms with Crippen molar-refractivity contribution in [2.75, 3.05) is 17.5 Å². The molecule has 0 heterocycles. The first-order valence-corrected chi connectivity index (χ1v) is 15.4. The molecule has 0 bridgehead atoms. The summed E-state index contributed by atoms with van der Waals surface area (Å²) in [5.74, 6) is -0.319. The lowest BCUT2D eigenvalue weighted by Crippen LogP contribution is -2.52. The van der Waals surface area contributed by atoms with Gasteiger partial charge in [-0.1, -0.05) is 54.4 Å². The number of anilines is 1. The van der Waals surface area contributed by atoms with Crippen LogP contribution in [-0.2, 0) is 26.2 Å². The van der Waals surface area contributed by atoms with E-state index in [0.29, 0.717) is 22.9 Å². The van der Waals surface area contributed by atoms with Gasteiger partial charge in [0, 0.05) is 17.6 Å². The highest BCUT2D eigenvalue weighted by atomic mass is 35.5. The number of nitrogens with one attached hydrogen (secondary N) is 1. The fraction of sp³-hybridized carbons (Fsp3) is 0.355. The summed E-state index contributed by atoms with van der Waals surface area (Å²) in [6.45, 7) is 9.12. The number of hydrogen-bond donors (Lipinski definition) is 1. The second kappa shape index (κ2) is 14.4. The van der Waals surface area contributed by atoms with Crippen LogP contribution in [-0.4, -0.2) is 50.4 Å². The van der Waals surface area contributed by atoms with E-state index < -0.39 is 28.5 Å². The van der Waals surface area contributed by atoms with E-state index in [1.165, 1.54) is 17.0 Å². The number of rotatable bonds is 13. The van der Waals surface area contributed by atoms with Gasteiger partial charge in [-0.2, -0.15) is 0 Å². The van der Waals surface area contributed by atoms with Gasteiger partial charge in [0.25, 0.3) is 10.0 Å². The lowest BCUT2D eigenvalue weighted by molar-refractivity contribution is -0.139. The molecule has 0 spiro atoms. The average molecular weight is 600 g/mol. The van der Waals surface area contributed by atoms with Gasteiger partial charge < -0.3 is 15.0 Å². The van der Waals surface area contributed by atoms with Crippen LogP contribution in [0.15, 0.2) is 77.7 Å². The van der Waals surface area contributed by atoms with Crippen LogP contribution in [0.2, 0.25) is 5.02 Å². The predicted molar refractivity (Wildman–Crippen MR) is 163 cm³/mol. The molecular formula is C31H38ClN3O5S. The van der Waals surface area contributed by atoms with Crippen LogP contribution in [0.1, 0.15) is 45.2 Å². The Morgan fingerprint density at radius 3 is 2.17 bits per heavy atom. The zero-order chi connectivity index (χ0) is 30.2. The van der Waals surface area contributed by atoms with Crippen LogP contribution in [0.25, 0.3) is 0 Å². The molecule has 2 amide bonds. The van der Waals surface area contributed by atoms with Gasteiger partial charge in [0.15, 0.2) is 0 Å². The van der Waals surface area contributed by atoms with E-state index in [-0.39, 0.29) is 29.1 Å². The van der Waals surface area contributed by atoms with Gasteiger partial charge in [-0.25, -0.2) is 8.42 Å². The Morgan fingerprint density at radius 1 is 0.951 bits per heavy atom. The molecule has 220 valence electrons. The van der Waals surface area contributed by atoms with E-state index in [9.17, 15) is 18.0 Å². The summed E-state index contributed by atoms with van der Waals surface area (Å²) in [7, 11) is -4.16. The Balaban J connectivity index is 2.04. The highest BCUT2D eigenvalue weighted by Gasteiger charge is 2.33. The summed E-state index contributed by atoms with van der Waals surface area (Å²) in [5.41, 5.74) is 1.83. The molecule has 8 nitrogen and oxygen atoms in total. The fourth-order valence-electron chi connectivity index (χ4n) is 4.10. The highest BCUT2D eigenvalue weighted by molar-refractivity contribution is 7.92. The molecule has 0 unspecified atom stereocenters. The van der Waals surface area contributed by atoms with E-state index in [1.54, 1.807) is 67.6 Å². The zero-order valence-electron chi connectivity index (χ0n) is 24.1. The van der Waals surface area contributed by atoms with Crippen molar-refractivity contribution in [3.63, 3.8) is 0 Å². The molecule has 0 aliphatic heterocycles. The Kier molecular flexibility index (Phi) is 11.2.